The van der Waals surface area contributed by atoms with Gasteiger partial charge in [-0.15, -0.1) is 24.8 Å². The van der Waals surface area contributed by atoms with Crippen LogP contribution in [0.15, 0.2) is 0 Å². The molecule has 1 saturated heterocycles. The molecule has 0 aromatic heterocycles. The van der Waals surface area contributed by atoms with E-state index in [-0.39, 0.29) is 24.8 Å². The molecule has 2 rings (SSSR count). The highest BCUT2D eigenvalue weighted by molar-refractivity contribution is 5.85. The summed E-state index contributed by atoms with van der Waals surface area (Å²) in [6.45, 7) is 3.16. The second-order valence-electron chi connectivity index (χ2n) is 5.56. The molecule has 0 spiro atoms. The molecule has 2 fully saturated rings. The normalized spacial score (nSPS) is 29.5. The smallest absolute Gasteiger partial charge is 0.0480 e. The van der Waals surface area contributed by atoms with Crippen molar-refractivity contribution in [1.82, 2.24) is 4.90 Å². The van der Waals surface area contributed by atoms with Crippen LogP contribution in [0.3, 0.4) is 0 Å². The first-order valence-corrected chi connectivity index (χ1v) is 6.79. The quantitative estimate of drug-likeness (QED) is 0.870. The van der Waals surface area contributed by atoms with E-state index in [1.807, 2.05) is 0 Å². The molecule has 5 heteroatoms. The molecule has 0 atom stereocenters. The number of nitrogens with two attached hydrogens (primary N) is 1. The summed E-state index contributed by atoms with van der Waals surface area (Å²) in [5, 5.41) is 0. The Morgan fingerprint density at radius 2 is 1.56 bits per heavy atom. The summed E-state index contributed by atoms with van der Waals surface area (Å²) in [4.78, 5) is 2.56. The number of nitrogens with zero attached hydrogens (tertiary/aromatic N) is 1. The van der Waals surface area contributed by atoms with Crippen LogP contribution in [-0.2, 0) is 4.74 Å². The monoisotopic (exact) mass is 298 g/mol. The maximum Gasteiger partial charge on any atom is 0.0480 e. The average Bonchev–Trinajstić information content (AvgIpc) is 2.33. The van der Waals surface area contributed by atoms with Gasteiger partial charge < -0.3 is 15.4 Å². The van der Waals surface area contributed by atoms with Crippen molar-refractivity contribution in [2.24, 2.45) is 11.7 Å². The minimum atomic E-state index is 0. The van der Waals surface area contributed by atoms with E-state index in [1.54, 1.807) is 0 Å². The van der Waals surface area contributed by atoms with Crippen molar-refractivity contribution < 1.29 is 4.74 Å². The van der Waals surface area contributed by atoms with Crippen molar-refractivity contribution >= 4 is 24.8 Å². The Kier molecular flexibility index (Phi) is 9.62. The molecule has 0 aromatic rings. The molecule has 1 saturated carbocycles. The lowest BCUT2D eigenvalue weighted by Gasteiger charge is -2.35. The average molecular weight is 299 g/mol. The van der Waals surface area contributed by atoms with E-state index in [0.29, 0.717) is 6.04 Å². The van der Waals surface area contributed by atoms with E-state index < -0.39 is 0 Å². The van der Waals surface area contributed by atoms with Crippen LogP contribution in [0.5, 0.6) is 0 Å². The highest BCUT2D eigenvalue weighted by atomic mass is 35.5. The second-order valence-corrected chi connectivity index (χ2v) is 5.56. The Hall–Kier alpha value is 0.460. The summed E-state index contributed by atoms with van der Waals surface area (Å²) >= 11 is 0. The fraction of sp³-hybridized carbons (Fsp3) is 1.00. The van der Waals surface area contributed by atoms with Gasteiger partial charge in [-0.25, -0.2) is 0 Å². The first-order valence-electron chi connectivity index (χ1n) is 6.79. The van der Waals surface area contributed by atoms with Crippen LogP contribution in [-0.4, -0.2) is 43.8 Å². The summed E-state index contributed by atoms with van der Waals surface area (Å²) in [6.07, 6.45) is 7.54. The topological polar surface area (TPSA) is 38.5 Å². The molecule has 1 heterocycles. The van der Waals surface area contributed by atoms with Gasteiger partial charge in [-0.05, 0) is 51.5 Å². The van der Waals surface area contributed by atoms with Crippen molar-refractivity contribution in [2.45, 2.75) is 50.6 Å². The lowest BCUT2D eigenvalue weighted by atomic mass is 9.86. The number of ether oxygens (including phenoxy) is 1. The Morgan fingerprint density at radius 3 is 2.11 bits per heavy atom. The van der Waals surface area contributed by atoms with E-state index in [9.17, 15) is 0 Å². The minimum Gasteiger partial charge on any atom is -0.381 e. The standard InChI is InChI=1S/C13H26N2O.2ClH/c1-15(13-6-8-16-9-7-13)10-11-2-4-12(14)5-3-11;;/h11-13H,2-10,14H2,1H3;2*1H. The molecular weight excluding hydrogens is 271 g/mol. The minimum absolute atomic E-state index is 0. The Morgan fingerprint density at radius 1 is 1.00 bits per heavy atom. The molecule has 2 aliphatic rings. The van der Waals surface area contributed by atoms with Gasteiger partial charge in [0.25, 0.3) is 0 Å². The lowest BCUT2D eigenvalue weighted by molar-refractivity contribution is 0.0359. The molecule has 1 aliphatic carbocycles. The van der Waals surface area contributed by atoms with Crippen LogP contribution in [0, 0.1) is 5.92 Å². The number of rotatable bonds is 3. The molecule has 0 unspecified atom stereocenters. The van der Waals surface area contributed by atoms with Crippen LogP contribution in [0.4, 0.5) is 0 Å². The fourth-order valence-electron chi connectivity index (χ4n) is 3.05. The summed E-state index contributed by atoms with van der Waals surface area (Å²) in [5.41, 5.74) is 5.94. The Labute approximate surface area is 124 Å². The van der Waals surface area contributed by atoms with Crippen molar-refractivity contribution in [1.29, 1.82) is 0 Å². The molecule has 18 heavy (non-hydrogen) atoms. The maximum absolute atomic E-state index is 5.94. The van der Waals surface area contributed by atoms with Gasteiger partial charge in [-0.3, -0.25) is 0 Å². The summed E-state index contributed by atoms with van der Waals surface area (Å²) < 4.78 is 5.41. The van der Waals surface area contributed by atoms with E-state index in [2.05, 4.69) is 11.9 Å². The maximum atomic E-state index is 5.94. The SMILES string of the molecule is CN(CC1CCC(N)CC1)C1CCOCC1.Cl.Cl. The number of hydrogen-bond acceptors (Lipinski definition) is 3. The van der Waals surface area contributed by atoms with Crippen LogP contribution in [0.1, 0.15) is 38.5 Å². The molecule has 0 bridgehead atoms. The highest BCUT2D eigenvalue weighted by Crippen LogP contribution is 2.25. The molecule has 0 aromatic carbocycles. The van der Waals surface area contributed by atoms with Crippen molar-refractivity contribution in [2.75, 3.05) is 26.8 Å². The van der Waals surface area contributed by atoms with Gasteiger partial charge >= 0.3 is 0 Å². The third-order valence-corrected chi connectivity index (χ3v) is 4.25. The van der Waals surface area contributed by atoms with Crippen molar-refractivity contribution in [3.05, 3.63) is 0 Å². The molecule has 2 N–H and O–H groups in total. The van der Waals surface area contributed by atoms with Gasteiger partial charge in [0.1, 0.15) is 0 Å². The van der Waals surface area contributed by atoms with E-state index in [0.717, 1.165) is 25.2 Å². The lowest BCUT2D eigenvalue weighted by Crippen LogP contribution is -2.40. The first kappa shape index (κ1) is 18.5. The molecule has 3 nitrogen and oxygen atoms in total. The zero-order chi connectivity index (χ0) is 11.4. The van der Waals surface area contributed by atoms with E-state index >= 15 is 0 Å². The van der Waals surface area contributed by atoms with Crippen LogP contribution >= 0.6 is 24.8 Å². The zero-order valence-corrected chi connectivity index (χ0v) is 13.0. The fourth-order valence-corrected chi connectivity index (χ4v) is 3.05. The van der Waals surface area contributed by atoms with Gasteiger partial charge in [-0.1, -0.05) is 0 Å². The van der Waals surface area contributed by atoms with Crippen LogP contribution in [0.2, 0.25) is 0 Å². The van der Waals surface area contributed by atoms with E-state index in [4.69, 9.17) is 10.5 Å². The third kappa shape index (κ3) is 5.62. The second kappa shape index (κ2) is 9.38. The predicted octanol–water partition coefficient (Wildman–Crippen LogP) is 2.46. The van der Waals surface area contributed by atoms with Gasteiger partial charge in [0.05, 0.1) is 0 Å². The molecule has 0 radical (unpaired) electrons. The zero-order valence-electron chi connectivity index (χ0n) is 11.3. The number of hydrogen-bond donors (Lipinski definition) is 1. The predicted molar refractivity (Wildman–Crippen MR) is 80.9 cm³/mol. The third-order valence-electron chi connectivity index (χ3n) is 4.25. The first-order chi connectivity index (χ1) is 7.75. The largest absolute Gasteiger partial charge is 0.381 e. The summed E-state index contributed by atoms with van der Waals surface area (Å²) in [6, 6.07) is 1.23. The highest BCUT2D eigenvalue weighted by Gasteiger charge is 2.24. The number of halogens is 2. The van der Waals surface area contributed by atoms with Gasteiger partial charge in [0.2, 0.25) is 0 Å². The van der Waals surface area contributed by atoms with Gasteiger partial charge in [0, 0.05) is 31.8 Å². The summed E-state index contributed by atoms with van der Waals surface area (Å²) in [7, 11) is 2.28. The van der Waals surface area contributed by atoms with Crippen molar-refractivity contribution in [3.63, 3.8) is 0 Å². The van der Waals surface area contributed by atoms with E-state index in [1.165, 1.54) is 45.1 Å². The molecule has 0 amide bonds. The van der Waals surface area contributed by atoms with Crippen LogP contribution < -0.4 is 5.73 Å². The summed E-state index contributed by atoms with van der Waals surface area (Å²) in [5.74, 6) is 0.882. The Balaban J connectivity index is 0.00000144. The molecule has 110 valence electrons. The van der Waals surface area contributed by atoms with Crippen molar-refractivity contribution in [3.8, 4) is 0 Å². The molecular formula is C13H28Cl2N2O. The Bertz CT molecular complexity index is 205. The van der Waals surface area contributed by atoms with Crippen LogP contribution in [0.25, 0.3) is 0 Å². The molecule has 1 aliphatic heterocycles. The van der Waals surface area contributed by atoms with Gasteiger partial charge in [0.15, 0.2) is 0 Å². The van der Waals surface area contributed by atoms with Gasteiger partial charge in [-0.2, -0.15) is 0 Å².